The van der Waals surface area contributed by atoms with E-state index in [2.05, 4.69) is 22.0 Å². The van der Waals surface area contributed by atoms with E-state index in [0.717, 1.165) is 10.0 Å². The van der Waals surface area contributed by atoms with E-state index in [1.807, 2.05) is 33.8 Å². The number of ether oxygens (including phenoxy) is 3. The monoisotopic (exact) mass is 437 g/mol. The van der Waals surface area contributed by atoms with Gasteiger partial charge in [0.15, 0.2) is 0 Å². The molecule has 0 saturated heterocycles. The molecule has 2 aliphatic rings. The summed E-state index contributed by atoms with van der Waals surface area (Å²) < 4.78 is 17.5. The molecular formula is C20H24BrNO5. The third kappa shape index (κ3) is 4.29. The van der Waals surface area contributed by atoms with Crippen LogP contribution in [-0.2, 0) is 16.1 Å². The molecule has 7 heteroatoms. The van der Waals surface area contributed by atoms with E-state index < -0.39 is 5.60 Å². The molecule has 0 radical (unpaired) electrons. The van der Waals surface area contributed by atoms with Crippen molar-refractivity contribution in [3.05, 3.63) is 39.9 Å². The minimum Gasteiger partial charge on any atom is -0.490 e. The maximum absolute atomic E-state index is 12.6. The van der Waals surface area contributed by atoms with Crippen molar-refractivity contribution >= 4 is 28.0 Å². The predicted octanol–water partition coefficient (Wildman–Crippen LogP) is 4.31. The Labute approximate surface area is 167 Å². The molecule has 0 bridgehead atoms. The van der Waals surface area contributed by atoms with Gasteiger partial charge in [0.2, 0.25) is 0 Å². The van der Waals surface area contributed by atoms with Gasteiger partial charge in [-0.05, 0) is 54.8 Å². The molecule has 2 aliphatic heterocycles. The maximum Gasteiger partial charge on any atom is 0.410 e. The summed E-state index contributed by atoms with van der Waals surface area (Å²) in [5.74, 6) is 0.357. The summed E-state index contributed by atoms with van der Waals surface area (Å²) in [6.07, 6.45) is 3.68. The second-order valence-corrected chi connectivity index (χ2v) is 8.63. The van der Waals surface area contributed by atoms with Crippen LogP contribution < -0.4 is 4.74 Å². The molecule has 3 rings (SSSR count). The zero-order valence-electron chi connectivity index (χ0n) is 16.0. The number of carbonyl (C=O) groups excluding carboxylic acids is 2. The van der Waals surface area contributed by atoms with Gasteiger partial charge in [-0.15, -0.1) is 0 Å². The van der Waals surface area contributed by atoms with Gasteiger partial charge in [0.1, 0.15) is 24.6 Å². The molecule has 0 spiro atoms. The van der Waals surface area contributed by atoms with Crippen molar-refractivity contribution < 1.29 is 23.8 Å². The van der Waals surface area contributed by atoms with Crippen molar-refractivity contribution in [2.24, 2.45) is 5.92 Å². The lowest BCUT2D eigenvalue weighted by atomic mass is 9.97. The van der Waals surface area contributed by atoms with Crippen LogP contribution in [0.25, 0.3) is 0 Å². The Morgan fingerprint density at radius 3 is 2.81 bits per heavy atom. The topological polar surface area (TPSA) is 65.1 Å². The van der Waals surface area contributed by atoms with Gasteiger partial charge in [-0.25, -0.2) is 9.59 Å². The van der Waals surface area contributed by atoms with Crippen LogP contribution in [0.1, 0.15) is 43.6 Å². The van der Waals surface area contributed by atoms with Crippen LogP contribution in [0, 0.1) is 5.92 Å². The smallest absolute Gasteiger partial charge is 0.410 e. The second kappa shape index (κ2) is 7.54. The molecule has 1 aromatic rings. The van der Waals surface area contributed by atoms with E-state index >= 15 is 0 Å². The molecular weight excluding hydrogens is 414 g/mol. The zero-order chi connectivity index (χ0) is 19.8. The van der Waals surface area contributed by atoms with Crippen molar-refractivity contribution in [1.82, 2.24) is 4.90 Å². The standard InChI is InChI=1S/C20H24BrNO5/c1-12-6-5-9-22(19(24)27-20(2,3)4)16(12)11-25-17-14-10-26-18(23)13(14)7-8-15(17)21/h5-8,12,16H,9-11H2,1-4H3. The average molecular weight is 438 g/mol. The Morgan fingerprint density at radius 1 is 1.37 bits per heavy atom. The van der Waals surface area contributed by atoms with E-state index in [1.54, 1.807) is 17.0 Å². The lowest BCUT2D eigenvalue weighted by molar-refractivity contribution is 0.00729. The first-order valence-corrected chi connectivity index (χ1v) is 9.74. The van der Waals surface area contributed by atoms with Gasteiger partial charge in [0.05, 0.1) is 16.1 Å². The summed E-state index contributed by atoms with van der Waals surface area (Å²) in [5.41, 5.74) is 0.694. The molecule has 2 heterocycles. The molecule has 27 heavy (non-hydrogen) atoms. The Balaban J connectivity index is 1.78. The van der Waals surface area contributed by atoms with Gasteiger partial charge in [0.25, 0.3) is 0 Å². The molecule has 1 amide bonds. The largest absolute Gasteiger partial charge is 0.490 e. The van der Waals surface area contributed by atoms with Gasteiger partial charge < -0.3 is 14.2 Å². The maximum atomic E-state index is 12.6. The fourth-order valence-corrected chi connectivity index (χ4v) is 3.67. The molecule has 6 nitrogen and oxygen atoms in total. The van der Waals surface area contributed by atoms with Crippen LogP contribution >= 0.6 is 15.9 Å². The summed E-state index contributed by atoms with van der Waals surface area (Å²) in [7, 11) is 0. The molecule has 2 unspecified atom stereocenters. The van der Waals surface area contributed by atoms with Gasteiger partial charge >= 0.3 is 12.1 Å². The van der Waals surface area contributed by atoms with Crippen LogP contribution in [0.2, 0.25) is 0 Å². The first-order valence-electron chi connectivity index (χ1n) is 8.95. The molecule has 1 aromatic carbocycles. The molecule has 0 fully saturated rings. The molecule has 0 N–H and O–H groups in total. The number of benzene rings is 1. The molecule has 0 saturated carbocycles. The average Bonchev–Trinajstić information content (AvgIpc) is 2.94. The van der Waals surface area contributed by atoms with E-state index in [0.29, 0.717) is 17.9 Å². The Bertz CT molecular complexity index is 783. The summed E-state index contributed by atoms with van der Waals surface area (Å²) >= 11 is 3.48. The first-order chi connectivity index (χ1) is 12.7. The minimum atomic E-state index is -0.562. The van der Waals surface area contributed by atoms with Crippen LogP contribution in [0.3, 0.4) is 0 Å². The van der Waals surface area contributed by atoms with Crippen molar-refractivity contribution in [1.29, 1.82) is 0 Å². The third-order valence-corrected chi connectivity index (χ3v) is 5.18. The summed E-state index contributed by atoms with van der Waals surface area (Å²) in [4.78, 5) is 26.1. The number of nitrogens with zero attached hydrogens (tertiary/aromatic N) is 1. The number of cyclic esters (lactones) is 1. The van der Waals surface area contributed by atoms with Crippen LogP contribution in [0.15, 0.2) is 28.8 Å². The van der Waals surface area contributed by atoms with Gasteiger partial charge in [-0.3, -0.25) is 4.90 Å². The first kappa shape index (κ1) is 19.7. The molecule has 0 aliphatic carbocycles. The SMILES string of the molecule is CC1C=CCN(C(=O)OC(C)(C)C)C1COc1c(Br)ccc2c1COC2=O. The van der Waals surface area contributed by atoms with Crippen LogP contribution in [0.5, 0.6) is 5.75 Å². The molecule has 146 valence electrons. The van der Waals surface area contributed by atoms with Crippen molar-refractivity contribution in [3.8, 4) is 5.75 Å². The number of fused-ring (bicyclic) bond motifs is 1. The number of hydrogen-bond acceptors (Lipinski definition) is 5. The lowest BCUT2D eigenvalue weighted by Crippen LogP contribution is -2.50. The summed E-state index contributed by atoms with van der Waals surface area (Å²) in [6, 6.07) is 3.32. The van der Waals surface area contributed by atoms with Crippen LogP contribution in [0.4, 0.5) is 4.79 Å². The fourth-order valence-electron chi connectivity index (χ4n) is 3.18. The fraction of sp³-hybridized carbons (Fsp3) is 0.500. The Morgan fingerprint density at radius 2 is 2.11 bits per heavy atom. The Hall–Kier alpha value is -2.02. The Kier molecular flexibility index (Phi) is 5.51. The highest BCUT2D eigenvalue weighted by atomic mass is 79.9. The van der Waals surface area contributed by atoms with E-state index in [4.69, 9.17) is 14.2 Å². The van der Waals surface area contributed by atoms with Crippen molar-refractivity contribution in [2.45, 2.75) is 45.9 Å². The quantitative estimate of drug-likeness (QED) is 0.520. The normalized spacial score (nSPS) is 21.7. The number of esters is 1. The highest BCUT2D eigenvalue weighted by molar-refractivity contribution is 9.10. The summed E-state index contributed by atoms with van der Waals surface area (Å²) in [5, 5.41) is 0. The second-order valence-electron chi connectivity index (χ2n) is 7.78. The predicted molar refractivity (Wildman–Crippen MR) is 104 cm³/mol. The van der Waals surface area contributed by atoms with Crippen molar-refractivity contribution in [2.75, 3.05) is 13.2 Å². The van der Waals surface area contributed by atoms with E-state index in [1.165, 1.54) is 0 Å². The van der Waals surface area contributed by atoms with Gasteiger partial charge in [0, 0.05) is 12.1 Å². The minimum absolute atomic E-state index is 0.111. The van der Waals surface area contributed by atoms with Crippen LogP contribution in [-0.4, -0.2) is 41.8 Å². The van der Waals surface area contributed by atoms with Gasteiger partial charge in [-0.2, -0.15) is 0 Å². The highest BCUT2D eigenvalue weighted by Crippen LogP contribution is 2.36. The number of carbonyl (C=O) groups is 2. The van der Waals surface area contributed by atoms with E-state index in [-0.39, 0.29) is 37.2 Å². The number of halogens is 1. The van der Waals surface area contributed by atoms with Gasteiger partial charge in [-0.1, -0.05) is 19.1 Å². The number of amides is 1. The van der Waals surface area contributed by atoms with Crippen molar-refractivity contribution in [3.63, 3.8) is 0 Å². The number of hydrogen-bond donors (Lipinski definition) is 0. The molecule has 0 aromatic heterocycles. The number of rotatable bonds is 3. The lowest BCUT2D eigenvalue weighted by Gasteiger charge is -2.37. The summed E-state index contributed by atoms with van der Waals surface area (Å²) in [6.45, 7) is 8.54. The molecule has 2 atom stereocenters. The zero-order valence-corrected chi connectivity index (χ0v) is 17.5. The van der Waals surface area contributed by atoms with E-state index in [9.17, 15) is 9.59 Å². The third-order valence-electron chi connectivity index (χ3n) is 4.56. The highest BCUT2D eigenvalue weighted by Gasteiger charge is 2.34.